The van der Waals surface area contributed by atoms with E-state index in [9.17, 15) is 9.59 Å². The molecule has 2 fully saturated rings. The number of nitrogens with one attached hydrogen (secondary N) is 1. The number of benzene rings is 2. The lowest BCUT2D eigenvalue weighted by Crippen LogP contribution is -2.63. The average Bonchev–Trinajstić information content (AvgIpc) is 2.71. The van der Waals surface area contributed by atoms with E-state index in [1.54, 1.807) is 0 Å². The number of cyclic esters (lactones) is 1. The molecule has 0 aromatic heterocycles. The Balaban J connectivity index is 1.77. The van der Waals surface area contributed by atoms with E-state index in [4.69, 9.17) is 4.74 Å². The van der Waals surface area contributed by atoms with Gasteiger partial charge in [-0.25, -0.2) is 0 Å². The van der Waals surface area contributed by atoms with Gasteiger partial charge in [0.25, 0.3) is 0 Å². The van der Waals surface area contributed by atoms with Crippen LogP contribution in [0.2, 0.25) is 0 Å². The highest BCUT2D eigenvalue weighted by atomic mass is 16.5. The first-order valence-electron chi connectivity index (χ1n) is 9.29. The third-order valence-corrected chi connectivity index (χ3v) is 5.62. The second kappa shape index (κ2) is 7.04. The molecular weight excluding hydrogens is 326 g/mol. The van der Waals surface area contributed by atoms with Gasteiger partial charge in [0.1, 0.15) is 24.0 Å². The van der Waals surface area contributed by atoms with Crippen molar-refractivity contribution in [2.24, 2.45) is 5.92 Å². The Bertz CT molecular complexity index is 748. The van der Waals surface area contributed by atoms with E-state index < -0.39 is 11.6 Å². The zero-order valence-corrected chi connectivity index (χ0v) is 14.7. The largest absolute Gasteiger partial charge is 0.462 e. The molecule has 134 valence electrons. The van der Waals surface area contributed by atoms with Gasteiger partial charge in [-0.05, 0) is 24.0 Å². The van der Waals surface area contributed by atoms with Crippen molar-refractivity contribution in [3.05, 3.63) is 71.8 Å². The fourth-order valence-electron chi connectivity index (χ4n) is 4.21. The molecule has 1 saturated carbocycles. The molecule has 0 radical (unpaired) electrons. The molecule has 1 heterocycles. The highest BCUT2D eigenvalue weighted by Crippen LogP contribution is 2.36. The van der Waals surface area contributed by atoms with Gasteiger partial charge in [-0.15, -0.1) is 0 Å². The normalized spacial score (nSPS) is 25.5. The minimum Gasteiger partial charge on any atom is -0.462 e. The molecule has 1 aliphatic heterocycles. The Morgan fingerprint density at radius 2 is 1.50 bits per heavy atom. The molecule has 0 spiro atoms. The van der Waals surface area contributed by atoms with Gasteiger partial charge in [0, 0.05) is 12.3 Å². The number of ether oxygens (including phenoxy) is 1. The molecule has 26 heavy (non-hydrogen) atoms. The molecule has 2 aliphatic rings. The summed E-state index contributed by atoms with van der Waals surface area (Å²) in [5.74, 6) is -0.446. The number of carbonyl (C=O) groups excluding carboxylic acids is 2. The second-order valence-corrected chi connectivity index (χ2v) is 7.19. The maximum atomic E-state index is 12.6. The number of Topliss-reactive ketones (excluding diaryl/α,β-unsaturated/α-hetero) is 1. The number of morpholine rings is 1. The molecule has 1 N–H and O–H groups in total. The van der Waals surface area contributed by atoms with Crippen LogP contribution in [0.4, 0.5) is 0 Å². The minimum absolute atomic E-state index is 0.169. The zero-order valence-electron chi connectivity index (χ0n) is 14.7. The second-order valence-electron chi connectivity index (χ2n) is 7.19. The van der Waals surface area contributed by atoms with Gasteiger partial charge in [-0.2, -0.15) is 0 Å². The van der Waals surface area contributed by atoms with E-state index in [-0.39, 0.29) is 24.3 Å². The van der Waals surface area contributed by atoms with Gasteiger partial charge >= 0.3 is 5.97 Å². The van der Waals surface area contributed by atoms with Crippen molar-refractivity contribution in [1.29, 1.82) is 0 Å². The SMILES string of the molecule is O=C1CCCC[C@H]1[C@H]1NC(c2ccccc2)(c2ccccc2)COC1=O. The topological polar surface area (TPSA) is 55.4 Å². The third kappa shape index (κ3) is 2.95. The molecule has 0 bridgehead atoms. The molecule has 1 aliphatic carbocycles. The van der Waals surface area contributed by atoms with Crippen molar-refractivity contribution < 1.29 is 14.3 Å². The Morgan fingerprint density at radius 3 is 2.08 bits per heavy atom. The Labute approximate surface area is 153 Å². The summed E-state index contributed by atoms with van der Waals surface area (Å²) in [5, 5.41) is 3.55. The predicted octanol–water partition coefficient (Wildman–Crippen LogP) is 3.20. The molecule has 4 rings (SSSR count). The summed E-state index contributed by atoms with van der Waals surface area (Å²) >= 11 is 0. The molecule has 0 unspecified atom stereocenters. The molecule has 2 aromatic carbocycles. The van der Waals surface area contributed by atoms with Crippen molar-refractivity contribution in [3.8, 4) is 0 Å². The van der Waals surface area contributed by atoms with Crippen molar-refractivity contribution in [1.82, 2.24) is 5.32 Å². The van der Waals surface area contributed by atoms with E-state index in [0.717, 1.165) is 30.4 Å². The van der Waals surface area contributed by atoms with Crippen molar-refractivity contribution >= 4 is 11.8 Å². The summed E-state index contributed by atoms with van der Waals surface area (Å²) in [5.41, 5.74) is 1.43. The van der Waals surface area contributed by atoms with Crippen LogP contribution < -0.4 is 5.32 Å². The summed E-state index contributed by atoms with van der Waals surface area (Å²) in [6.07, 6.45) is 3.19. The predicted molar refractivity (Wildman–Crippen MR) is 98.5 cm³/mol. The van der Waals surface area contributed by atoms with Crippen molar-refractivity contribution in [2.45, 2.75) is 37.3 Å². The summed E-state index contributed by atoms with van der Waals surface area (Å²) in [4.78, 5) is 25.0. The van der Waals surface area contributed by atoms with Gasteiger partial charge in [0.05, 0.1) is 0 Å². The molecule has 2 atom stereocenters. The number of ketones is 1. The van der Waals surface area contributed by atoms with Crippen LogP contribution in [-0.4, -0.2) is 24.4 Å². The summed E-state index contributed by atoms with van der Waals surface area (Å²) in [6.45, 7) is 0.220. The van der Waals surface area contributed by atoms with Gasteiger partial charge < -0.3 is 4.74 Å². The molecule has 0 amide bonds. The maximum absolute atomic E-state index is 12.6. The monoisotopic (exact) mass is 349 g/mol. The maximum Gasteiger partial charge on any atom is 0.324 e. The molecule has 4 heteroatoms. The van der Waals surface area contributed by atoms with Crippen LogP contribution in [-0.2, 0) is 19.9 Å². The summed E-state index contributed by atoms with van der Waals surface area (Å²) in [7, 11) is 0. The van der Waals surface area contributed by atoms with Gasteiger partial charge in [0.2, 0.25) is 0 Å². The van der Waals surface area contributed by atoms with Crippen LogP contribution in [0, 0.1) is 5.92 Å². The quantitative estimate of drug-likeness (QED) is 0.865. The van der Waals surface area contributed by atoms with Crippen LogP contribution in [0.1, 0.15) is 36.8 Å². The first kappa shape index (κ1) is 17.0. The molecule has 2 aromatic rings. The van der Waals surface area contributed by atoms with Crippen LogP contribution >= 0.6 is 0 Å². The van der Waals surface area contributed by atoms with E-state index in [2.05, 4.69) is 5.32 Å². The fraction of sp³-hybridized carbons (Fsp3) is 0.364. The standard InChI is InChI=1S/C22H23NO3/c24-19-14-8-7-13-18(19)20-21(25)26-15-22(23-20,16-9-3-1-4-10-16)17-11-5-2-6-12-17/h1-6,9-12,18,20,23H,7-8,13-15H2/t18-,20-/m1/s1. The number of carbonyl (C=O) groups is 2. The number of rotatable bonds is 3. The van der Waals surface area contributed by atoms with Crippen LogP contribution in [0.3, 0.4) is 0 Å². The van der Waals surface area contributed by atoms with E-state index in [0.29, 0.717) is 6.42 Å². The average molecular weight is 349 g/mol. The van der Waals surface area contributed by atoms with Crippen LogP contribution in [0.25, 0.3) is 0 Å². The van der Waals surface area contributed by atoms with Crippen molar-refractivity contribution in [3.63, 3.8) is 0 Å². The van der Waals surface area contributed by atoms with E-state index >= 15 is 0 Å². The highest BCUT2D eigenvalue weighted by Gasteiger charge is 2.48. The van der Waals surface area contributed by atoms with E-state index in [1.807, 2.05) is 60.7 Å². The molecule has 4 nitrogen and oxygen atoms in total. The lowest BCUT2D eigenvalue weighted by atomic mass is 9.77. The van der Waals surface area contributed by atoms with Gasteiger partial charge in [-0.1, -0.05) is 67.1 Å². The summed E-state index contributed by atoms with van der Waals surface area (Å²) < 4.78 is 5.66. The Morgan fingerprint density at radius 1 is 0.885 bits per heavy atom. The summed E-state index contributed by atoms with van der Waals surface area (Å²) in [6, 6.07) is 19.4. The number of hydrogen-bond acceptors (Lipinski definition) is 4. The van der Waals surface area contributed by atoms with Crippen LogP contribution in [0.5, 0.6) is 0 Å². The Hall–Kier alpha value is -2.46. The number of esters is 1. The van der Waals surface area contributed by atoms with E-state index in [1.165, 1.54) is 0 Å². The molecular formula is C22H23NO3. The third-order valence-electron chi connectivity index (χ3n) is 5.62. The fourth-order valence-corrected chi connectivity index (χ4v) is 4.21. The first-order valence-corrected chi connectivity index (χ1v) is 9.29. The van der Waals surface area contributed by atoms with Crippen LogP contribution in [0.15, 0.2) is 60.7 Å². The van der Waals surface area contributed by atoms with Crippen molar-refractivity contribution in [2.75, 3.05) is 6.61 Å². The molecule has 1 saturated heterocycles. The lowest BCUT2D eigenvalue weighted by Gasteiger charge is -2.44. The van der Waals surface area contributed by atoms with Gasteiger partial charge in [0.15, 0.2) is 0 Å². The smallest absolute Gasteiger partial charge is 0.324 e. The first-order chi connectivity index (χ1) is 12.7. The Kier molecular flexibility index (Phi) is 4.60. The minimum atomic E-state index is -0.640. The van der Waals surface area contributed by atoms with Gasteiger partial charge in [-0.3, -0.25) is 14.9 Å². The lowest BCUT2D eigenvalue weighted by molar-refractivity contribution is -0.159. The zero-order chi connectivity index (χ0) is 18.0. The highest BCUT2D eigenvalue weighted by molar-refractivity contribution is 5.89. The number of hydrogen-bond donors (Lipinski definition) is 1.